The predicted octanol–water partition coefficient (Wildman–Crippen LogP) is 13.8. The lowest BCUT2D eigenvalue weighted by Gasteiger charge is -2.15. The van der Waals surface area contributed by atoms with E-state index in [1.54, 1.807) is 0 Å². The standard InChI is InChI=1S/C46H82O5/c1-3-5-7-9-11-13-15-17-19-20-21-22-23-24-25-26-27-29-31-33-35-37-39-41-46(49)51-44(42-47)43-50-45(48)40-38-36-34-32-30-28-18-16-14-12-10-8-6-4-2/h5,7,11,13,17,19,21-22,44,47H,3-4,6,8-10,12,14-16,18,20,23-43H2,1-2H3/b7-5-,13-11-,19-17-,22-21-. The van der Waals surface area contributed by atoms with Crippen LogP contribution >= 0.6 is 0 Å². The van der Waals surface area contributed by atoms with Gasteiger partial charge in [0, 0.05) is 12.8 Å². The van der Waals surface area contributed by atoms with E-state index in [1.807, 2.05) is 0 Å². The van der Waals surface area contributed by atoms with Crippen LogP contribution in [0.3, 0.4) is 0 Å². The Bertz CT molecular complexity index is 858. The van der Waals surface area contributed by atoms with E-state index in [0.717, 1.165) is 64.2 Å². The fourth-order valence-corrected chi connectivity index (χ4v) is 6.13. The van der Waals surface area contributed by atoms with E-state index in [0.29, 0.717) is 12.8 Å². The molecular weight excluding hydrogens is 633 g/mol. The molecule has 1 N–H and O–H groups in total. The molecule has 0 aromatic rings. The van der Waals surface area contributed by atoms with Gasteiger partial charge in [-0.15, -0.1) is 0 Å². The minimum Gasteiger partial charge on any atom is -0.462 e. The fraction of sp³-hybridized carbons (Fsp3) is 0.783. The lowest BCUT2D eigenvalue weighted by atomic mass is 10.0. The zero-order chi connectivity index (χ0) is 37.1. The first-order chi connectivity index (χ1) is 25.1. The lowest BCUT2D eigenvalue weighted by Crippen LogP contribution is -2.28. The Morgan fingerprint density at radius 1 is 0.471 bits per heavy atom. The van der Waals surface area contributed by atoms with Crippen LogP contribution in [0.1, 0.15) is 213 Å². The minimum atomic E-state index is -0.772. The van der Waals surface area contributed by atoms with Crippen LogP contribution in [0.5, 0.6) is 0 Å². The summed E-state index contributed by atoms with van der Waals surface area (Å²) in [7, 11) is 0. The molecule has 5 nitrogen and oxygen atoms in total. The number of esters is 2. The summed E-state index contributed by atoms with van der Waals surface area (Å²) >= 11 is 0. The molecule has 296 valence electrons. The van der Waals surface area contributed by atoms with Crippen molar-refractivity contribution >= 4 is 11.9 Å². The predicted molar refractivity (Wildman–Crippen MR) is 219 cm³/mol. The smallest absolute Gasteiger partial charge is 0.306 e. The summed E-state index contributed by atoms with van der Waals surface area (Å²) in [6, 6.07) is 0. The molecule has 0 aromatic carbocycles. The van der Waals surface area contributed by atoms with Gasteiger partial charge in [0.05, 0.1) is 6.61 Å². The summed E-state index contributed by atoms with van der Waals surface area (Å²) < 4.78 is 10.6. The maximum Gasteiger partial charge on any atom is 0.306 e. The second-order valence-corrected chi connectivity index (χ2v) is 14.4. The van der Waals surface area contributed by atoms with E-state index in [-0.39, 0.29) is 25.2 Å². The van der Waals surface area contributed by atoms with Crippen molar-refractivity contribution in [2.24, 2.45) is 0 Å². The average Bonchev–Trinajstić information content (AvgIpc) is 3.13. The number of hydrogen-bond acceptors (Lipinski definition) is 5. The maximum atomic E-state index is 12.2. The SMILES string of the molecule is CC/C=C\C/C=C\C/C=C\C/C=C\CCCCCCCCCCCCC(=O)OC(CO)COC(=O)CCCCCCCCCCCCCCCC. The quantitative estimate of drug-likeness (QED) is 0.0390. The van der Waals surface area contributed by atoms with Gasteiger partial charge in [0.2, 0.25) is 0 Å². The highest BCUT2D eigenvalue weighted by atomic mass is 16.6. The molecule has 0 aliphatic carbocycles. The van der Waals surface area contributed by atoms with Crippen LogP contribution in [0, 0.1) is 0 Å². The van der Waals surface area contributed by atoms with Crippen LogP contribution in [0.2, 0.25) is 0 Å². The first-order valence-corrected chi connectivity index (χ1v) is 21.7. The number of aliphatic hydroxyl groups excluding tert-OH is 1. The van der Waals surface area contributed by atoms with Crippen molar-refractivity contribution in [1.82, 2.24) is 0 Å². The lowest BCUT2D eigenvalue weighted by molar-refractivity contribution is -0.161. The average molecular weight is 715 g/mol. The van der Waals surface area contributed by atoms with Crippen LogP contribution < -0.4 is 0 Å². The van der Waals surface area contributed by atoms with Gasteiger partial charge in [-0.25, -0.2) is 0 Å². The highest BCUT2D eigenvalue weighted by Gasteiger charge is 2.16. The number of aliphatic hydroxyl groups is 1. The molecule has 0 radical (unpaired) electrons. The third-order valence-electron chi connectivity index (χ3n) is 9.39. The molecule has 0 aliphatic rings. The zero-order valence-electron chi connectivity index (χ0n) is 33.6. The number of carbonyl (C=O) groups excluding carboxylic acids is 2. The second-order valence-electron chi connectivity index (χ2n) is 14.4. The van der Waals surface area contributed by atoms with Crippen molar-refractivity contribution < 1.29 is 24.2 Å². The van der Waals surface area contributed by atoms with E-state index >= 15 is 0 Å². The van der Waals surface area contributed by atoms with Crippen molar-refractivity contribution in [2.45, 2.75) is 219 Å². The van der Waals surface area contributed by atoms with Crippen molar-refractivity contribution in [3.63, 3.8) is 0 Å². The van der Waals surface area contributed by atoms with E-state index in [1.165, 1.54) is 122 Å². The highest BCUT2D eigenvalue weighted by molar-refractivity contribution is 5.70. The summed E-state index contributed by atoms with van der Waals surface area (Å²) in [5.41, 5.74) is 0. The molecule has 0 saturated heterocycles. The molecule has 0 fully saturated rings. The van der Waals surface area contributed by atoms with Gasteiger partial charge in [-0.05, 0) is 51.4 Å². The number of carbonyl (C=O) groups is 2. The van der Waals surface area contributed by atoms with Gasteiger partial charge in [0.15, 0.2) is 6.10 Å². The van der Waals surface area contributed by atoms with Gasteiger partial charge in [0.1, 0.15) is 6.61 Å². The Labute approximate surface area is 316 Å². The number of ether oxygens (including phenoxy) is 2. The summed E-state index contributed by atoms with van der Waals surface area (Å²) in [6.07, 6.45) is 53.2. The van der Waals surface area contributed by atoms with Gasteiger partial charge >= 0.3 is 11.9 Å². The molecule has 0 amide bonds. The molecule has 0 aromatic heterocycles. The first kappa shape index (κ1) is 48.9. The first-order valence-electron chi connectivity index (χ1n) is 21.7. The molecule has 0 rings (SSSR count). The number of rotatable bonds is 39. The van der Waals surface area contributed by atoms with Crippen LogP contribution in [0.25, 0.3) is 0 Å². The van der Waals surface area contributed by atoms with Gasteiger partial charge in [-0.1, -0.05) is 197 Å². The topological polar surface area (TPSA) is 72.8 Å². The minimum absolute atomic E-state index is 0.0654. The van der Waals surface area contributed by atoms with Crippen molar-refractivity contribution in [3.05, 3.63) is 48.6 Å². The van der Waals surface area contributed by atoms with Crippen molar-refractivity contribution in [2.75, 3.05) is 13.2 Å². The molecule has 0 bridgehead atoms. The third kappa shape index (κ3) is 40.5. The normalized spacial score (nSPS) is 12.6. The molecule has 0 spiro atoms. The molecular formula is C46H82O5. The number of allylic oxidation sites excluding steroid dienone is 8. The second kappa shape index (κ2) is 42.3. The monoisotopic (exact) mass is 715 g/mol. The van der Waals surface area contributed by atoms with Crippen LogP contribution in [-0.2, 0) is 19.1 Å². The Morgan fingerprint density at radius 2 is 0.843 bits per heavy atom. The van der Waals surface area contributed by atoms with Gasteiger partial charge in [0.25, 0.3) is 0 Å². The summed E-state index contributed by atoms with van der Waals surface area (Å²) in [6.45, 7) is 4.03. The largest absolute Gasteiger partial charge is 0.462 e. The van der Waals surface area contributed by atoms with Crippen LogP contribution in [0.15, 0.2) is 48.6 Å². The highest BCUT2D eigenvalue weighted by Crippen LogP contribution is 2.15. The molecule has 0 heterocycles. The Kier molecular flexibility index (Phi) is 40.5. The third-order valence-corrected chi connectivity index (χ3v) is 9.39. The molecule has 1 unspecified atom stereocenters. The molecule has 0 aliphatic heterocycles. The zero-order valence-corrected chi connectivity index (χ0v) is 33.6. The van der Waals surface area contributed by atoms with Gasteiger partial charge in [-0.3, -0.25) is 9.59 Å². The Morgan fingerprint density at radius 3 is 1.27 bits per heavy atom. The van der Waals surface area contributed by atoms with E-state index in [4.69, 9.17) is 9.47 Å². The molecule has 1 atom stereocenters. The Hall–Kier alpha value is -2.14. The van der Waals surface area contributed by atoms with Crippen LogP contribution in [-0.4, -0.2) is 36.4 Å². The molecule has 51 heavy (non-hydrogen) atoms. The maximum absolute atomic E-state index is 12.2. The number of unbranched alkanes of at least 4 members (excludes halogenated alkanes) is 23. The Balaban J connectivity index is 3.53. The summed E-state index contributed by atoms with van der Waals surface area (Å²) in [5.74, 6) is -0.590. The number of hydrogen-bond donors (Lipinski definition) is 1. The molecule has 5 heteroatoms. The molecule has 0 saturated carbocycles. The van der Waals surface area contributed by atoms with Crippen molar-refractivity contribution in [1.29, 1.82) is 0 Å². The summed E-state index contributed by atoms with van der Waals surface area (Å²) in [4.78, 5) is 24.3. The van der Waals surface area contributed by atoms with Gasteiger partial charge in [-0.2, -0.15) is 0 Å². The van der Waals surface area contributed by atoms with Crippen molar-refractivity contribution in [3.8, 4) is 0 Å². The van der Waals surface area contributed by atoms with E-state index in [9.17, 15) is 14.7 Å². The fourth-order valence-electron chi connectivity index (χ4n) is 6.13. The van der Waals surface area contributed by atoms with Crippen LogP contribution in [0.4, 0.5) is 0 Å². The van der Waals surface area contributed by atoms with E-state index < -0.39 is 6.10 Å². The van der Waals surface area contributed by atoms with E-state index in [2.05, 4.69) is 62.5 Å². The summed E-state index contributed by atoms with van der Waals surface area (Å²) in [5, 5.41) is 9.58. The van der Waals surface area contributed by atoms with Gasteiger partial charge < -0.3 is 14.6 Å².